The lowest BCUT2D eigenvalue weighted by Gasteiger charge is -2.21. The number of nitrogens with zero attached hydrogens (tertiary/aromatic N) is 6. The monoisotopic (exact) mass is 1130 g/mol. The van der Waals surface area contributed by atoms with Crippen LogP contribution in [0.3, 0.4) is 0 Å². The summed E-state index contributed by atoms with van der Waals surface area (Å²) in [6.45, 7) is 7.21. The van der Waals surface area contributed by atoms with Crippen LogP contribution in [0.15, 0.2) is 42.5 Å². The van der Waals surface area contributed by atoms with Crippen LogP contribution in [0.1, 0.15) is 100 Å². The summed E-state index contributed by atoms with van der Waals surface area (Å²) in [5.41, 5.74) is 9.54. The third-order valence-electron chi connectivity index (χ3n) is 11.3. The van der Waals surface area contributed by atoms with E-state index in [1.165, 1.54) is 37.4 Å². The molecule has 6 rings (SSSR count). The number of nitrogens with two attached hydrogens (primary N) is 2. The molecule has 3 heterocycles. The van der Waals surface area contributed by atoms with Crippen LogP contribution in [0.25, 0.3) is 22.0 Å². The molecule has 0 radical (unpaired) electrons. The second-order valence-corrected chi connectivity index (χ2v) is 20.7. The molecule has 1 aliphatic carbocycles. The van der Waals surface area contributed by atoms with Crippen LogP contribution in [0.4, 0.5) is 54.5 Å². The highest BCUT2D eigenvalue weighted by molar-refractivity contribution is 7.86. The molecule has 0 saturated carbocycles. The number of fused-ring (bicyclic) bond motifs is 2. The number of benzene rings is 2. The normalized spacial score (nSPS) is 14.7. The van der Waals surface area contributed by atoms with E-state index in [1.807, 2.05) is 13.8 Å². The first-order valence-electron chi connectivity index (χ1n) is 23.1. The fraction of sp³-hybridized carbons (Fsp3) is 0.479. The van der Waals surface area contributed by atoms with Gasteiger partial charge in [-0.1, -0.05) is 43.9 Å². The summed E-state index contributed by atoms with van der Waals surface area (Å²) < 4.78 is 167. The van der Waals surface area contributed by atoms with Crippen LogP contribution in [-0.4, -0.2) is 88.1 Å². The van der Waals surface area contributed by atoms with Crippen molar-refractivity contribution in [1.82, 2.24) is 29.9 Å². The Morgan fingerprint density at radius 3 is 2.20 bits per heavy atom. The number of halogens is 11. The maximum Gasteiger partial charge on any atom is 0.435 e. The lowest BCUT2D eigenvalue weighted by molar-refractivity contribution is -0.142. The molecule has 0 fully saturated rings. The summed E-state index contributed by atoms with van der Waals surface area (Å²) in [5.74, 6) is 0.225. The van der Waals surface area contributed by atoms with E-state index in [0.717, 1.165) is 23.1 Å². The largest absolute Gasteiger partial charge is 0.447 e. The molecule has 0 bridgehead atoms. The summed E-state index contributed by atoms with van der Waals surface area (Å²) >= 11 is 6.65. The van der Waals surface area contributed by atoms with Crippen LogP contribution in [0.5, 0.6) is 0 Å². The molecule has 5 N–H and O–H groups in total. The Hall–Kier alpha value is -5.62. The van der Waals surface area contributed by atoms with Gasteiger partial charge < -0.3 is 21.5 Å². The first kappa shape index (κ1) is 61.9. The molecule has 412 valence electrons. The second-order valence-electron chi connectivity index (χ2n) is 17.1. The SMILES string of the molecule is CC.CCn1nc(C(F)(F)F)c2c1C(F)(F)CC2.CS(=O)N(C(=O)OCC(N)CCCCN)c1nn(CC(F)(F)F)c2c(-c3ccc(C#CC(C)(C)S(C)=O)nc3C(Cc3cc(F)cc(F)c3)NC=O)ccc(Cl)c12. The van der Waals surface area contributed by atoms with Crippen LogP contribution in [0.2, 0.25) is 5.02 Å². The number of unbranched alkanes of at least 4 members (excludes halogenated alkanes) is 1. The van der Waals surface area contributed by atoms with Gasteiger partial charge in [-0.2, -0.15) is 49.6 Å². The highest BCUT2D eigenvalue weighted by Crippen LogP contribution is 2.47. The molecule has 3 aromatic heterocycles. The molecule has 2 amide bonds. The van der Waals surface area contributed by atoms with E-state index in [1.54, 1.807) is 13.8 Å². The van der Waals surface area contributed by atoms with Gasteiger partial charge in [0.05, 0.1) is 27.7 Å². The zero-order valence-electron chi connectivity index (χ0n) is 41.7. The predicted octanol–water partition coefficient (Wildman–Crippen LogP) is 9.81. The predicted molar refractivity (Wildman–Crippen MR) is 266 cm³/mol. The van der Waals surface area contributed by atoms with E-state index in [9.17, 15) is 61.9 Å². The molecule has 4 atom stereocenters. The van der Waals surface area contributed by atoms with Crippen LogP contribution in [-0.2, 0) is 69.3 Å². The Kier molecular flexibility index (Phi) is 21.4. The zero-order valence-corrected chi connectivity index (χ0v) is 44.1. The van der Waals surface area contributed by atoms with E-state index >= 15 is 0 Å². The van der Waals surface area contributed by atoms with Crippen LogP contribution in [0, 0.1) is 23.5 Å². The number of pyridine rings is 1. The third-order valence-corrected chi connectivity index (χ3v) is 13.9. The average molecular weight is 1130 g/mol. The van der Waals surface area contributed by atoms with E-state index in [0.29, 0.717) is 47.3 Å². The molecule has 5 aromatic rings. The van der Waals surface area contributed by atoms with Crippen molar-refractivity contribution in [3.63, 3.8) is 0 Å². The van der Waals surface area contributed by atoms with Crippen molar-refractivity contribution in [2.45, 2.75) is 121 Å². The summed E-state index contributed by atoms with van der Waals surface area (Å²) in [6, 6.07) is 6.54. The number of aryl methyl sites for hydroxylation is 1. The molecule has 1 aliphatic rings. The van der Waals surface area contributed by atoms with E-state index in [4.69, 9.17) is 27.8 Å². The number of rotatable bonds is 17. The van der Waals surface area contributed by atoms with Crippen molar-refractivity contribution < 1.29 is 66.6 Å². The summed E-state index contributed by atoms with van der Waals surface area (Å²) in [5, 5.41) is 9.53. The summed E-state index contributed by atoms with van der Waals surface area (Å²) in [7, 11) is -3.65. The summed E-state index contributed by atoms with van der Waals surface area (Å²) in [4.78, 5) is 30.1. The molecule has 2 aromatic carbocycles. The van der Waals surface area contributed by atoms with Gasteiger partial charge in [-0.25, -0.2) is 22.8 Å². The quantitative estimate of drug-likeness (QED) is 0.0349. The Bertz CT molecular complexity index is 2920. The second kappa shape index (κ2) is 25.9. The first-order valence-corrected chi connectivity index (χ1v) is 26.6. The first-order chi connectivity index (χ1) is 35.0. The van der Waals surface area contributed by atoms with Gasteiger partial charge in [0, 0.05) is 65.1 Å². The number of hydrogen-bond donors (Lipinski definition) is 3. The fourth-order valence-corrected chi connectivity index (χ4v) is 8.76. The number of carbonyl (C=O) groups is 2. The average Bonchev–Trinajstić information content (AvgIpc) is 3.99. The number of hydrogen-bond acceptors (Lipinski definition) is 10. The molecule has 4 unspecified atom stereocenters. The van der Waals surface area contributed by atoms with Gasteiger partial charge >= 0.3 is 18.4 Å². The van der Waals surface area contributed by atoms with Crippen molar-refractivity contribution in [2.24, 2.45) is 11.5 Å². The molecule has 0 spiro atoms. The molecular weight excluding hydrogens is 1070 g/mol. The Morgan fingerprint density at radius 2 is 1.64 bits per heavy atom. The molecular formula is C48H56ClF10N9O5S2. The van der Waals surface area contributed by atoms with Crippen molar-refractivity contribution in [3.8, 4) is 23.0 Å². The Balaban J connectivity index is 0.000000567. The topological polar surface area (TPSA) is 193 Å². The lowest BCUT2D eigenvalue weighted by atomic mass is 9.94. The standard InChI is InChI=1S/C37H41ClF5N7O5S2.C9H9F5N2.C2H6/c1-36(2,56(3)53)13-12-26-8-9-27(32(47-26)30(46-21-51)17-22-15-23(39)18-24(40)16-22)28-10-11-29(38)31-33(28)49(20-37(41,42)43)48-34(31)50(57(4)54)35(52)55-19-25(45)7-5-6-14-44;1-2-16-7-5(3-4-8(7,10)11)6(15-16)9(12,13)14;1-2/h8-11,15-16,18,21,25,30H,5-7,14,17,19-20,44-45H2,1-4H3,(H,46,51);2-4H2,1H3;1-2H3. The van der Waals surface area contributed by atoms with E-state index in [-0.39, 0.29) is 75.6 Å². The molecule has 0 saturated heterocycles. The maximum atomic E-state index is 14.3. The molecule has 27 heteroatoms. The minimum Gasteiger partial charge on any atom is -0.447 e. The zero-order chi connectivity index (χ0) is 56.4. The molecule has 14 nitrogen and oxygen atoms in total. The van der Waals surface area contributed by atoms with E-state index < -0.39 is 105 Å². The number of anilines is 1. The van der Waals surface area contributed by atoms with Gasteiger partial charge in [0.15, 0.2) is 11.5 Å². The van der Waals surface area contributed by atoms with Gasteiger partial charge in [0.1, 0.15) is 51.9 Å². The number of nitrogens with one attached hydrogen (secondary N) is 1. The van der Waals surface area contributed by atoms with E-state index in [2.05, 4.69) is 32.3 Å². The van der Waals surface area contributed by atoms with Gasteiger partial charge in [0.2, 0.25) is 6.41 Å². The smallest absolute Gasteiger partial charge is 0.435 e. The fourth-order valence-electron chi connectivity index (χ4n) is 7.70. The van der Waals surface area contributed by atoms with Crippen molar-refractivity contribution >= 4 is 62.6 Å². The van der Waals surface area contributed by atoms with Gasteiger partial charge in [0.25, 0.3) is 5.92 Å². The van der Waals surface area contributed by atoms with Crippen molar-refractivity contribution in [3.05, 3.63) is 93.0 Å². The lowest BCUT2D eigenvalue weighted by Crippen LogP contribution is -2.37. The number of aromatic nitrogens is 5. The van der Waals surface area contributed by atoms with Gasteiger partial charge in [-0.3, -0.25) is 18.4 Å². The Labute approximate surface area is 436 Å². The highest BCUT2D eigenvalue weighted by Gasteiger charge is 2.50. The van der Waals surface area contributed by atoms with Crippen molar-refractivity contribution in [2.75, 3.05) is 30.0 Å². The molecule has 0 aliphatic heterocycles. The van der Waals surface area contributed by atoms with Crippen LogP contribution >= 0.6 is 11.6 Å². The minimum atomic E-state index is -4.88. The van der Waals surface area contributed by atoms with Crippen molar-refractivity contribution in [1.29, 1.82) is 0 Å². The number of ether oxygens (including phenoxy) is 1. The summed E-state index contributed by atoms with van der Waals surface area (Å²) in [6.07, 6.45) is -7.18. The highest BCUT2D eigenvalue weighted by atomic mass is 35.5. The van der Waals surface area contributed by atoms with Gasteiger partial charge in [-0.15, -0.1) is 0 Å². The van der Waals surface area contributed by atoms with Crippen LogP contribution < -0.4 is 21.1 Å². The number of carbonyl (C=O) groups excluding carboxylic acids is 2. The number of amides is 2. The number of alkyl halides is 8. The minimum absolute atomic E-state index is 0.00196. The Morgan fingerprint density at radius 1 is 1.00 bits per heavy atom. The maximum absolute atomic E-state index is 14.3. The van der Waals surface area contributed by atoms with Gasteiger partial charge in [-0.05, 0) is 94.8 Å². The third kappa shape index (κ3) is 15.7. The molecule has 75 heavy (non-hydrogen) atoms.